The third-order valence-electron chi connectivity index (χ3n) is 6.58. The maximum atomic E-state index is 11.6. The second-order valence-electron chi connectivity index (χ2n) is 13.1. The fourth-order valence-electron chi connectivity index (χ4n) is 4.56. The van der Waals surface area contributed by atoms with Crippen molar-refractivity contribution in [2.75, 3.05) is 18.9 Å². The van der Waals surface area contributed by atoms with Gasteiger partial charge in [-0.05, 0) is 102 Å². The lowest BCUT2D eigenvalue weighted by molar-refractivity contribution is -0.385. The monoisotopic (exact) mass is 638 g/mol. The number of anilines is 1. The number of nitrogen functional groups attached to an aromatic ring is 1. The predicted octanol–water partition coefficient (Wildman–Crippen LogP) is 6.51. The summed E-state index contributed by atoms with van der Waals surface area (Å²) in [6.45, 7) is 13.1. The number of nitro groups is 1. The van der Waals surface area contributed by atoms with E-state index in [1.54, 1.807) is 12.3 Å². The number of nitro benzene ring substituents is 1. The fourth-order valence-corrected chi connectivity index (χ4v) is 4.56. The Kier molecular flexibility index (Phi) is 12.7. The summed E-state index contributed by atoms with van der Waals surface area (Å²) in [5.74, 6) is 0.535. The normalized spacial score (nSPS) is 12.9. The number of benzene rings is 2. The number of carbonyl (C=O) groups excluding carboxylic acids is 2. The first-order valence-corrected chi connectivity index (χ1v) is 15.5. The Balaban J connectivity index is 0.000000251. The average molecular weight is 639 g/mol. The first kappa shape index (κ1) is 36.0. The third kappa shape index (κ3) is 12.1. The Labute approximate surface area is 270 Å². The largest absolute Gasteiger partial charge is 0.491 e. The number of esters is 2. The molecule has 46 heavy (non-hydrogen) atoms. The Bertz CT molecular complexity index is 1450. The molecule has 0 atom stereocenters. The van der Waals surface area contributed by atoms with Crippen molar-refractivity contribution in [3.05, 3.63) is 56.6 Å². The first-order chi connectivity index (χ1) is 21.6. The third-order valence-corrected chi connectivity index (χ3v) is 6.58. The molecule has 2 aromatic carbocycles. The van der Waals surface area contributed by atoms with Gasteiger partial charge in [-0.2, -0.15) is 0 Å². The highest BCUT2D eigenvalue weighted by Gasteiger charge is 2.21. The lowest BCUT2D eigenvalue weighted by Crippen LogP contribution is -2.23. The molecule has 2 N–H and O–H groups in total. The zero-order chi connectivity index (χ0) is 33.9. The van der Waals surface area contributed by atoms with Gasteiger partial charge >= 0.3 is 17.6 Å². The van der Waals surface area contributed by atoms with Gasteiger partial charge < -0.3 is 24.7 Å². The van der Waals surface area contributed by atoms with Crippen LogP contribution in [-0.4, -0.2) is 53.7 Å². The van der Waals surface area contributed by atoms with Gasteiger partial charge in [0.05, 0.1) is 36.9 Å². The number of nitrogens with two attached hydrogens (primary N) is 1. The summed E-state index contributed by atoms with van der Waals surface area (Å²) < 4.78 is 21.7. The number of ether oxygens (including phenoxy) is 4. The van der Waals surface area contributed by atoms with Gasteiger partial charge in [-0.1, -0.05) is 0 Å². The molecule has 0 bridgehead atoms. The van der Waals surface area contributed by atoms with E-state index in [1.807, 2.05) is 59.9 Å². The van der Waals surface area contributed by atoms with Crippen LogP contribution in [0.1, 0.15) is 102 Å². The molecule has 12 nitrogen and oxygen atoms in total. The number of carbonyl (C=O) groups is 2. The number of nitrogens with zero attached hydrogens (tertiary/aromatic N) is 3. The minimum Gasteiger partial charge on any atom is -0.491 e. The summed E-state index contributed by atoms with van der Waals surface area (Å²) in [6, 6.07) is 7.00. The molecule has 0 radical (unpaired) electrons. The van der Waals surface area contributed by atoms with Crippen molar-refractivity contribution in [1.82, 2.24) is 0 Å². The van der Waals surface area contributed by atoms with Crippen LogP contribution >= 0.6 is 0 Å². The second kappa shape index (κ2) is 16.2. The van der Waals surface area contributed by atoms with Crippen LogP contribution < -0.4 is 15.2 Å². The summed E-state index contributed by atoms with van der Waals surface area (Å²) in [5.41, 5.74) is 9.51. The van der Waals surface area contributed by atoms with Gasteiger partial charge in [0.2, 0.25) is 0 Å². The van der Waals surface area contributed by atoms with Crippen LogP contribution in [0.3, 0.4) is 0 Å². The molecule has 0 fully saturated rings. The van der Waals surface area contributed by atoms with Crippen LogP contribution in [0, 0.1) is 10.1 Å². The van der Waals surface area contributed by atoms with Crippen molar-refractivity contribution in [3.63, 3.8) is 0 Å². The van der Waals surface area contributed by atoms with Gasteiger partial charge in [0.1, 0.15) is 17.0 Å². The molecule has 2 aliphatic rings. The standard InChI is InChI=1S/C17H22N2O5.C17H24N2O3/c1-17(2,3)24-16(20)6-4-5-7-23-15-9-13-11-18-10-12(13)8-14(15)19(21)22;1-17(2,3)22-16(20)6-4-5-7-21-15-9-13-11-19-10-12(13)8-14(15)18/h8-10H,4-7,11H2,1-3H3;8-10H,4-7,11,18H2,1-3H3. The topological polar surface area (TPSA) is 165 Å². The zero-order valence-electron chi connectivity index (χ0n) is 27.7. The molecule has 0 amide bonds. The average Bonchev–Trinajstić information content (AvgIpc) is 3.59. The molecular weight excluding hydrogens is 592 g/mol. The fraction of sp³-hybridized carbons (Fsp3) is 0.529. The summed E-state index contributed by atoms with van der Waals surface area (Å²) in [6.07, 6.45) is 6.92. The van der Waals surface area contributed by atoms with Crippen molar-refractivity contribution >= 4 is 35.7 Å². The van der Waals surface area contributed by atoms with Gasteiger partial charge in [-0.3, -0.25) is 29.7 Å². The minimum absolute atomic E-state index is 0.0609. The van der Waals surface area contributed by atoms with E-state index in [0.29, 0.717) is 63.4 Å². The van der Waals surface area contributed by atoms with E-state index in [0.717, 1.165) is 35.1 Å². The van der Waals surface area contributed by atoms with Crippen LogP contribution in [0.4, 0.5) is 11.4 Å². The molecule has 2 aromatic rings. The summed E-state index contributed by atoms with van der Waals surface area (Å²) >= 11 is 0. The zero-order valence-corrected chi connectivity index (χ0v) is 27.7. The summed E-state index contributed by atoms with van der Waals surface area (Å²) in [5, 5.41) is 11.2. The van der Waals surface area contributed by atoms with Crippen molar-refractivity contribution in [2.24, 2.45) is 9.98 Å². The summed E-state index contributed by atoms with van der Waals surface area (Å²) in [4.78, 5) is 42.2. The van der Waals surface area contributed by atoms with Crippen molar-refractivity contribution in [3.8, 4) is 11.5 Å². The first-order valence-electron chi connectivity index (χ1n) is 15.5. The number of aliphatic imine (C=N–C) groups is 2. The van der Waals surface area contributed by atoms with Crippen molar-refractivity contribution < 1.29 is 33.5 Å². The molecule has 250 valence electrons. The summed E-state index contributed by atoms with van der Waals surface area (Å²) in [7, 11) is 0. The van der Waals surface area contributed by atoms with E-state index in [2.05, 4.69) is 9.98 Å². The smallest absolute Gasteiger partial charge is 0.311 e. The Hall–Kier alpha value is -4.48. The lowest BCUT2D eigenvalue weighted by Gasteiger charge is -2.19. The SMILES string of the molecule is CC(C)(C)OC(=O)CCCCOc1cc2c(cc1N)C=NC2.CC(C)(C)OC(=O)CCCCOc1cc2c(cc1[N+](=O)[O-])C=NC2. The molecule has 0 spiro atoms. The highest BCUT2D eigenvalue weighted by molar-refractivity contribution is 5.87. The van der Waals surface area contributed by atoms with Gasteiger partial charge in [0.15, 0.2) is 5.75 Å². The number of fused-ring (bicyclic) bond motifs is 2. The molecule has 2 aliphatic heterocycles. The van der Waals surface area contributed by atoms with E-state index in [-0.39, 0.29) is 23.4 Å². The number of unbranched alkanes of at least 4 members (excludes halogenated alkanes) is 2. The van der Waals surface area contributed by atoms with Crippen LogP contribution in [0.25, 0.3) is 0 Å². The van der Waals surface area contributed by atoms with Crippen molar-refractivity contribution in [2.45, 2.75) is 104 Å². The Morgan fingerprint density at radius 2 is 1.22 bits per heavy atom. The molecule has 0 aromatic heterocycles. The highest BCUT2D eigenvalue weighted by atomic mass is 16.6. The molecule has 2 heterocycles. The molecular formula is C34H46N4O8. The highest BCUT2D eigenvalue weighted by Crippen LogP contribution is 2.32. The molecule has 0 unspecified atom stereocenters. The van der Waals surface area contributed by atoms with Crippen LogP contribution in [0.2, 0.25) is 0 Å². The minimum atomic E-state index is -0.485. The van der Waals surface area contributed by atoms with Crippen LogP contribution in [-0.2, 0) is 32.2 Å². The molecule has 12 heteroatoms. The molecule has 0 saturated heterocycles. The van der Waals surface area contributed by atoms with E-state index >= 15 is 0 Å². The maximum Gasteiger partial charge on any atom is 0.311 e. The molecule has 0 saturated carbocycles. The van der Waals surface area contributed by atoms with E-state index in [9.17, 15) is 19.7 Å². The lowest BCUT2D eigenvalue weighted by atomic mass is 10.1. The molecule has 4 rings (SSSR count). The second-order valence-corrected chi connectivity index (χ2v) is 13.1. The quantitative estimate of drug-likeness (QED) is 0.0846. The molecule has 0 aliphatic carbocycles. The van der Waals surface area contributed by atoms with Gasteiger partial charge in [0, 0.05) is 36.9 Å². The van der Waals surface area contributed by atoms with E-state index < -0.39 is 16.1 Å². The van der Waals surface area contributed by atoms with Crippen LogP contribution in [0.5, 0.6) is 11.5 Å². The van der Waals surface area contributed by atoms with Crippen molar-refractivity contribution in [1.29, 1.82) is 0 Å². The number of rotatable bonds is 13. The van der Waals surface area contributed by atoms with Crippen LogP contribution in [0.15, 0.2) is 34.3 Å². The maximum absolute atomic E-state index is 11.6. The van der Waals surface area contributed by atoms with Gasteiger partial charge in [-0.25, -0.2) is 0 Å². The van der Waals surface area contributed by atoms with Gasteiger partial charge in [0.25, 0.3) is 0 Å². The van der Waals surface area contributed by atoms with Gasteiger partial charge in [-0.15, -0.1) is 0 Å². The van der Waals surface area contributed by atoms with E-state index in [4.69, 9.17) is 24.7 Å². The number of hydrogen-bond donors (Lipinski definition) is 1. The Morgan fingerprint density at radius 3 is 1.70 bits per heavy atom. The predicted molar refractivity (Wildman–Crippen MR) is 177 cm³/mol. The Morgan fingerprint density at radius 1 is 0.761 bits per heavy atom. The van der Waals surface area contributed by atoms with E-state index in [1.165, 1.54) is 6.07 Å². The number of hydrogen-bond acceptors (Lipinski definition) is 11.